The molecule has 1 heterocycles. The van der Waals surface area contributed by atoms with Crippen LogP contribution in [0.1, 0.15) is 10.9 Å². The Morgan fingerprint density at radius 1 is 1.50 bits per heavy atom. The highest BCUT2D eigenvalue weighted by atomic mass is 32.2. The van der Waals surface area contributed by atoms with E-state index in [-0.39, 0.29) is 22.8 Å². The van der Waals surface area contributed by atoms with Gasteiger partial charge in [0.1, 0.15) is 17.0 Å². The van der Waals surface area contributed by atoms with Gasteiger partial charge in [-0.15, -0.1) is 11.8 Å². The van der Waals surface area contributed by atoms with Crippen LogP contribution < -0.4 is 10.1 Å². The number of carbonyl (C=O) groups is 2. The lowest BCUT2D eigenvalue weighted by Gasteiger charge is -2.25. The SMILES string of the molecule is COC(=O)CSC1=C(C#N)C(=O)N[C@H](c2ccc(O)c(OC)c2)S1. The summed E-state index contributed by atoms with van der Waals surface area (Å²) in [4.78, 5) is 23.4. The van der Waals surface area contributed by atoms with E-state index in [1.165, 1.54) is 32.0 Å². The normalized spacial score (nSPS) is 17.0. The fourth-order valence-corrected chi connectivity index (χ4v) is 4.18. The molecule has 0 aliphatic carbocycles. The predicted octanol–water partition coefficient (Wildman–Crippen LogP) is 1.90. The Bertz CT molecular complexity index is 742. The van der Waals surface area contributed by atoms with Gasteiger partial charge in [-0.25, -0.2) is 0 Å². The summed E-state index contributed by atoms with van der Waals surface area (Å²) in [6.07, 6.45) is 0. The Morgan fingerprint density at radius 3 is 2.88 bits per heavy atom. The molecule has 2 N–H and O–H groups in total. The molecule has 0 spiro atoms. The molecule has 0 unspecified atom stereocenters. The van der Waals surface area contributed by atoms with E-state index >= 15 is 0 Å². The first-order chi connectivity index (χ1) is 11.5. The average Bonchev–Trinajstić information content (AvgIpc) is 2.59. The van der Waals surface area contributed by atoms with Crippen molar-refractivity contribution in [2.45, 2.75) is 5.37 Å². The zero-order chi connectivity index (χ0) is 17.7. The number of thioether (sulfide) groups is 2. The summed E-state index contributed by atoms with van der Waals surface area (Å²) in [5.41, 5.74) is 0.659. The number of ether oxygens (including phenoxy) is 2. The molecule has 24 heavy (non-hydrogen) atoms. The van der Waals surface area contributed by atoms with Crippen molar-refractivity contribution in [1.29, 1.82) is 5.26 Å². The maximum Gasteiger partial charge on any atom is 0.316 e. The van der Waals surface area contributed by atoms with Gasteiger partial charge >= 0.3 is 5.97 Å². The number of nitriles is 1. The number of esters is 1. The average molecular weight is 366 g/mol. The zero-order valence-electron chi connectivity index (χ0n) is 12.9. The molecule has 9 heteroatoms. The van der Waals surface area contributed by atoms with Crippen LogP contribution in [0.15, 0.2) is 28.0 Å². The molecule has 0 saturated carbocycles. The van der Waals surface area contributed by atoms with Crippen molar-refractivity contribution in [1.82, 2.24) is 5.32 Å². The highest BCUT2D eigenvalue weighted by Gasteiger charge is 2.30. The maximum atomic E-state index is 12.1. The van der Waals surface area contributed by atoms with Gasteiger partial charge < -0.3 is 19.9 Å². The molecule has 0 fully saturated rings. The van der Waals surface area contributed by atoms with Crippen LogP contribution in [0.3, 0.4) is 0 Å². The van der Waals surface area contributed by atoms with Gasteiger partial charge in [0.05, 0.1) is 24.2 Å². The van der Waals surface area contributed by atoms with Crippen molar-refractivity contribution < 1.29 is 24.2 Å². The van der Waals surface area contributed by atoms with Crippen molar-refractivity contribution in [3.63, 3.8) is 0 Å². The minimum atomic E-state index is -0.513. The van der Waals surface area contributed by atoms with Crippen molar-refractivity contribution >= 4 is 35.4 Å². The van der Waals surface area contributed by atoms with E-state index in [2.05, 4.69) is 10.1 Å². The number of amides is 1. The number of carbonyl (C=O) groups excluding carboxylic acids is 2. The van der Waals surface area contributed by atoms with Gasteiger partial charge in [0.15, 0.2) is 11.5 Å². The summed E-state index contributed by atoms with van der Waals surface area (Å²) in [7, 11) is 2.70. The smallest absolute Gasteiger partial charge is 0.316 e. The lowest BCUT2D eigenvalue weighted by molar-refractivity contribution is -0.137. The molecule has 1 aliphatic rings. The molecule has 0 aromatic heterocycles. The number of nitrogens with zero attached hydrogens (tertiary/aromatic N) is 1. The van der Waals surface area contributed by atoms with E-state index in [0.717, 1.165) is 11.8 Å². The van der Waals surface area contributed by atoms with E-state index in [1.54, 1.807) is 12.1 Å². The fourth-order valence-electron chi connectivity index (χ4n) is 1.87. The number of methoxy groups -OCH3 is 2. The predicted molar refractivity (Wildman–Crippen MR) is 90.2 cm³/mol. The number of hydrogen-bond acceptors (Lipinski definition) is 8. The molecule has 126 valence electrons. The summed E-state index contributed by atoms with van der Waals surface area (Å²) in [5, 5.41) is 21.1. The Balaban J connectivity index is 2.27. The largest absolute Gasteiger partial charge is 0.504 e. The van der Waals surface area contributed by atoms with Crippen LogP contribution in [-0.2, 0) is 14.3 Å². The molecule has 1 atom stereocenters. The van der Waals surface area contributed by atoms with Gasteiger partial charge in [-0.2, -0.15) is 5.26 Å². The number of nitrogens with one attached hydrogen (secondary N) is 1. The topological polar surface area (TPSA) is 109 Å². The van der Waals surface area contributed by atoms with Crippen LogP contribution in [0.4, 0.5) is 0 Å². The summed E-state index contributed by atoms with van der Waals surface area (Å²) in [6, 6.07) is 6.58. The first kappa shape index (κ1) is 18.0. The first-order valence-electron chi connectivity index (χ1n) is 6.68. The first-order valence-corrected chi connectivity index (χ1v) is 8.55. The zero-order valence-corrected chi connectivity index (χ0v) is 14.5. The van der Waals surface area contributed by atoms with E-state index < -0.39 is 17.3 Å². The van der Waals surface area contributed by atoms with Crippen molar-refractivity contribution in [3.8, 4) is 17.6 Å². The summed E-state index contributed by atoms with van der Waals surface area (Å²) < 4.78 is 10.1. The molecule has 1 aromatic rings. The molecular formula is C15H14N2O5S2. The van der Waals surface area contributed by atoms with Crippen LogP contribution in [0.2, 0.25) is 0 Å². The second kappa shape index (κ2) is 7.99. The van der Waals surface area contributed by atoms with E-state index in [0.29, 0.717) is 9.80 Å². The van der Waals surface area contributed by atoms with Crippen LogP contribution in [-0.4, -0.2) is 37.0 Å². The highest BCUT2D eigenvalue weighted by molar-refractivity contribution is 8.22. The number of rotatable bonds is 5. The number of benzene rings is 1. The van der Waals surface area contributed by atoms with Crippen LogP contribution in [0, 0.1) is 11.3 Å². The summed E-state index contributed by atoms with van der Waals surface area (Å²) in [6.45, 7) is 0. The number of phenols is 1. The summed E-state index contributed by atoms with van der Waals surface area (Å²) in [5.74, 6) is -0.689. The third-order valence-electron chi connectivity index (χ3n) is 3.09. The lowest BCUT2D eigenvalue weighted by Crippen LogP contribution is -2.31. The van der Waals surface area contributed by atoms with Crippen LogP contribution >= 0.6 is 23.5 Å². The minimum absolute atomic E-state index is 0.00289. The quantitative estimate of drug-likeness (QED) is 0.761. The van der Waals surface area contributed by atoms with Gasteiger partial charge in [0, 0.05) is 0 Å². The molecule has 1 aromatic carbocycles. The Hall–Kier alpha value is -2.31. The third-order valence-corrected chi connectivity index (χ3v) is 5.62. The van der Waals surface area contributed by atoms with Crippen LogP contribution in [0.5, 0.6) is 11.5 Å². The molecule has 0 bridgehead atoms. The Morgan fingerprint density at radius 2 is 2.25 bits per heavy atom. The van der Waals surface area contributed by atoms with Gasteiger partial charge in [-0.1, -0.05) is 17.8 Å². The second-order valence-electron chi connectivity index (χ2n) is 4.54. The van der Waals surface area contributed by atoms with E-state index in [9.17, 15) is 14.7 Å². The van der Waals surface area contributed by atoms with Gasteiger partial charge in [-0.05, 0) is 17.7 Å². The third kappa shape index (κ3) is 3.96. The van der Waals surface area contributed by atoms with Crippen molar-refractivity contribution in [2.75, 3.05) is 20.0 Å². The second-order valence-corrected chi connectivity index (χ2v) is 6.90. The Kier molecular flexibility index (Phi) is 6.00. The van der Waals surface area contributed by atoms with Crippen molar-refractivity contribution in [3.05, 3.63) is 33.6 Å². The highest BCUT2D eigenvalue weighted by Crippen LogP contribution is 2.44. The Labute approximate surface area is 147 Å². The summed E-state index contributed by atoms with van der Waals surface area (Å²) >= 11 is 2.32. The van der Waals surface area contributed by atoms with Gasteiger partial charge in [0.2, 0.25) is 0 Å². The number of hydrogen-bond donors (Lipinski definition) is 2. The van der Waals surface area contributed by atoms with Crippen molar-refractivity contribution in [2.24, 2.45) is 0 Å². The van der Waals surface area contributed by atoms with Crippen LogP contribution in [0.25, 0.3) is 0 Å². The van der Waals surface area contributed by atoms with Gasteiger partial charge in [0.25, 0.3) is 5.91 Å². The van der Waals surface area contributed by atoms with E-state index in [4.69, 9.17) is 10.00 Å². The number of aromatic hydroxyl groups is 1. The molecule has 1 aliphatic heterocycles. The van der Waals surface area contributed by atoms with E-state index in [1.807, 2.05) is 6.07 Å². The maximum absolute atomic E-state index is 12.1. The molecule has 7 nitrogen and oxygen atoms in total. The number of phenolic OH excluding ortho intramolecular Hbond substituents is 1. The molecule has 1 amide bonds. The molecule has 2 rings (SSSR count). The molecular weight excluding hydrogens is 352 g/mol. The fraction of sp³-hybridized carbons (Fsp3) is 0.267. The molecule has 0 radical (unpaired) electrons. The lowest BCUT2D eigenvalue weighted by atomic mass is 10.2. The molecule has 0 saturated heterocycles. The monoisotopic (exact) mass is 366 g/mol. The van der Waals surface area contributed by atoms with Gasteiger partial charge in [-0.3, -0.25) is 9.59 Å². The minimum Gasteiger partial charge on any atom is -0.504 e. The standard InChI is InChI=1S/C15H14N2O5S2/c1-21-11-5-8(3-4-10(11)18)14-17-13(20)9(6-16)15(24-14)23-7-12(19)22-2/h3-5,14,18H,7H2,1-2H3,(H,17,20)/t14-/m0/s1.